The molecule has 138 valence electrons. The van der Waals surface area contributed by atoms with E-state index in [0.717, 1.165) is 0 Å². The number of carbonyl (C=O) groups excluding carboxylic acids is 1. The van der Waals surface area contributed by atoms with Crippen molar-refractivity contribution in [2.45, 2.75) is 19.4 Å². The Bertz CT molecular complexity index is 1060. The summed E-state index contributed by atoms with van der Waals surface area (Å²) < 4.78 is 21.3. The molecule has 3 rings (SSSR count). The molecular weight excluding hydrogens is 415 g/mol. The summed E-state index contributed by atoms with van der Waals surface area (Å²) in [5, 5.41) is 20.9. The zero-order chi connectivity index (χ0) is 19.6. The number of ether oxygens (including phenoxy) is 1. The van der Waals surface area contributed by atoms with Gasteiger partial charge in [-0.3, -0.25) is 4.79 Å². The van der Waals surface area contributed by atoms with Crippen LogP contribution in [0, 0.1) is 17.1 Å². The van der Waals surface area contributed by atoms with Crippen molar-refractivity contribution in [2.75, 3.05) is 6.61 Å². The number of hydrogen-bond donors (Lipinski definition) is 1. The number of halogens is 2. The van der Waals surface area contributed by atoms with Crippen molar-refractivity contribution in [3.8, 4) is 11.9 Å². The van der Waals surface area contributed by atoms with Crippen molar-refractivity contribution < 1.29 is 19.0 Å². The molecule has 0 aliphatic rings. The Morgan fingerprint density at radius 2 is 2.11 bits per heavy atom. The van der Waals surface area contributed by atoms with Crippen LogP contribution in [0.15, 0.2) is 46.9 Å². The normalized spacial score (nSPS) is 11.9. The summed E-state index contributed by atoms with van der Waals surface area (Å²) in [4.78, 5) is 12.2. The van der Waals surface area contributed by atoms with Crippen molar-refractivity contribution in [2.24, 2.45) is 0 Å². The van der Waals surface area contributed by atoms with Gasteiger partial charge in [0.15, 0.2) is 11.8 Å². The Morgan fingerprint density at radius 1 is 1.37 bits per heavy atom. The minimum Gasteiger partial charge on any atom is -0.494 e. The Hall–Kier alpha value is -2.85. The summed E-state index contributed by atoms with van der Waals surface area (Å²) >= 11 is 3.22. The van der Waals surface area contributed by atoms with Crippen LogP contribution in [0.1, 0.15) is 24.0 Å². The lowest BCUT2D eigenvalue weighted by atomic mass is 9.99. The predicted octanol–water partition coefficient (Wildman–Crippen LogP) is 4.47. The highest BCUT2D eigenvalue weighted by Crippen LogP contribution is 2.38. The second kappa shape index (κ2) is 7.80. The van der Waals surface area contributed by atoms with Crippen LogP contribution in [0.3, 0.4) is 0 Å². The predicted molar refractivity (Wildman–Crippen MR) is 102 cm³/mol. The van der Waals surface area contributed by atoms with Crippen LogP contribution in [0.5, 0.6) is 5.88 Å². The lowest BCUT2D eigenvalue weighted by Crippen LogP contribution is -2.14. The maximum Gasteiger partial charge on any atom is 0.328 e. The van der Waals surface area contributed by atoms with Gasteiger partial charge in [0, 0.05) is 21.0 Å². The first-order valence-corrected chi connectivity index (χ1v) is 9.07. The zero-order valence-corrected chi connectivity index (χ0v) is 16.0. The fourth-order valence-electron chi connectivity index (χ4n) is 3.04. The van der Waals surface area contributed by atoms with Gasteiger partial charge in [0.25, 0.3) is 0 Å². The zero-order valence-electron chi connectivity index (χ0n) is 14.4. The summed E-state index contributed by atoms with van der Waals surface area (Å²) in [6.45, 7) is 1.82. The number of aromatic nitrogens is 1. The highest BCUT2D eigenvalue weighted by atomic mass is 79.9. The number of nitriles is 1. The monoisotopic (exact) mass is 430 g/mol. The third-order valence-electron chi connectivity index (χ3n) is 4.27. The van der Waals surface area contributed by atoms with Gasteiger partial charge in [0.2, 0.25) is 0 Å². The first-order chi connectivity index (χ1) is 13.0. The van der Waals surface area contributed by atoms with Crippen LogP contribution in [0.4, 0.5) is 4.39 Å². The van der Waals surface area contributed by atoms with Gasteiger partial charge in [-0.05, 0) is 25.1 Å². The van der Waals surface area contributed by atoms with Crippen LogP contribution in [-0.4, -0.2) is 22.2 Å². The maximum atomic E-state index is 14.3. The van der Waals surface area contributed by atoms with Gasteiger partial charge in [0.05, 0.1) is 24.7 Å². The summed E-state index contributed by atoms with van der Waals surface area (Å²) in [6.07, 6.45) is 0. The van der Waals surface area contributed by atoms with Gasteiger partial charge in [0.1, 0.15) is 5.82 Å². The first-order valence-electron chi connectivity index (χ1n) is 8.28. The van der Waals surface area contributed by atoms with Crippen LogP contribution in [-0.2, 0) is 16.1 Å². The third kappa shape index (κ3) is 3.53. The molecule has 27 heavy (non-hydrogen) atoms. The lowest BCUT2D eigenvalue weighted by Gasteiger charge is -2.10. The molecule has 0 aliphatic carbocycles. The number of hydrogen-bond acceptors (Lipinski definition) is 4. The molecule has 1 N–H and O–H groups in total. The van der Waals surface area contributed by atoms with Crippen LogP contribution < -0.4 is 0 Å². The van der Waals surface area contributed by atoms with Crippen molar-refractivity contribution in [1.29, 1.82) is 5.26 Å². The molecule has 0 radical (unpaired) electrons. The average molecular weight is 431 g/mol. The van der Waals surface area contributed by atoms with Gasteiger partial charge < -0.3 is 14.4 Å². The summed E-state index contributed by atoms with van der Waals surface area (Å²) in [7, 11) is 0. The second-order valence-electron chi connectivity index (χ2n) is 5.89. The van der Waals surface area contributed by atoms with Crippen molar-refractivity contribution in [1.82, 2.24) is 4.57 Å². The Kier molecular flexibility index (Phi) is 5.47. The van der Waals surface area contributed by atoms with Crippen molar-refractivity contribution in [3.05, 3.63) is 63.9 Å². The number of benzene rings is 2. The van der Waals surface area contributed by atoms with E-state index < -0.39 is 17.7 Å². The number of rotatable bonds is 5. The van der Waals surface area contributed by atoms with E-state index >= 15 is 0 Å². The summed E-state index contributed by atoms with van der Waals surface area (Å²) in [6, 6.07) is 13.5. The van der Waals surface area contributed by atoms with Gasteiger partial charge in [-0.1, -0.05) is 40.2 Å². The molecule has 3 aromatic rings. The molecule has 0 spiro atoms. The molecule has 1 heterocycles. The van der Waals surface area contributed by atoms with E-state index in [4.69, 9.17) is 4.74 Å². The number of nitrogens with zero attached hydrogens (tertiary/aromatic N) is 2. The molecule has 1 aromatic heterocycles. The molecule has 0 fully saturated rings. The molecule has 1 unspecified atom stereocenters. The Labute approximate surface area is 163 Å². The van der Waals surface area contributed by atoms with Gasteiger partial charge in [-0.15, -0.1) is 0 Å². The van der Waals surface area contributed by atoms with Gasteiger partial charge >= 0.3 is 5.97 Å². The van der Waals surface area contributed by atoms with E-state index in [0.29, 0.717) is 20.9 Å². The van der Waals surface area contributed by atoms with Gasteiger partial charge in [-0.25, -0.2) is 4.39 Å². The lowest BCUT2D eigenvalue weighted by molar-refractivity contribution is -0.143. The van der Waals surface area contributed by atoms with Crippen LogP contribution in [0.2, 0.25) is 0 Å². The SMILES string of the molecule is CCOC(=O)C(C#N)c1c(O)n(Cc2ccc(Br)cc2F)c2ccccc12. The first kappa shape index (κ1) is 18.9. The molecule has 0 saturated carbocycles. The standard InChI is InChI=1S/C20H16BrFN2O3/c1-2-27-20(26)15(10-23)18-14-5-3-4-6-17(14)24(19(18)25)11-12-7-8-13(21)9-16(12)22/h3-9,15,25H,2,11H2,1H3. The number of fused-ring (bicyclic) bond motifs is 1. The molecule has 0 saturated heterocycles. The van der Waals surface area contributed by atoms with E-state index in [9.17, 15) is 19.6 Å². The smallest absolute Gasteiger partial charge is 0.328 e. The quantitative estimate of drug-likeness (QED) is 0.605. The molecule has 5 nitrogen and oxygen atoms in total. The van der Waals surface area contributed by atoms with E-state index in [-0.39, 0.29) is 24.6 Å². The van der Waals surface area contributed by atoms with Crippen molar-refractivity contribution in [3.63, 3.8) is 0 Å². The summed E-state index contributed by atoms with van der Waals surface area (Å²) in [5.41, 5.74) is 1.13. The average Bonchev–Trinajstić information content (AvgIpc) is 2.91. The number of carbonyl (C=O) groups is 1. The fraction of sp³-hybridized carbons (Fsp3) is 0.200. The van der Waals surface area contributed by atoms with Crippen molar-refractivity contribution >= 4 is 32.8 Å². The van der Waals surface area contributed by atoms with Crippen LogP contribution in [0.25, 0.3) is 10.9 Å². The van der Waals surface area contributed by atoms with E-state index in [1.165, 1.54) is 10.6 Å². The molecule has 0 bridgehead atoms. The molecular formula is C20H16BrFN2O3. The second-order valence-corrected chi connectivity index (χ2v) is 6.81. The minimum absolute atomic E-state index is 0.0480. The molecule has 0 amide bonds. The largest absolute Gasteiger partial charge is 0.494 e. The number of para-hydroxylation sites is 1. The Balaban J connectivity index is 2.16. The van der Waals surface area contributed by atoms with Crippen LogP contribution >= 0.6 is 15.9 Å². The fourth-order valence-corrected chi connectivity index (χ4v) is 3.38. The topological polar surface area (TPSA) is 75.2 Å². The summed E-state index contributed by atoms with van der Waals surface area (Å²) in [5.74, 6) is -2.68. The minimum atomic E-state index is -1.27. The molecule has 7 heteroatoms. The van der Waals surface area contributed by atoms with Gasteiger partial charge in [-0.2, -0.15) is 5.26 Å². The Morgan fingerprint density at radius 3 is 2.78 bits per heavy atom. The molecule has 1 atom stereocenters. The third-order valence-corrected chi connectivity index (χ3v) is 4.76. The number of esters is 1. The molecule has 0 aliphatic heterocycles. The highest BCUT2D eigenvalue weighted by Gasteiger charge is 2.30. The highest BCUT2D eigenvalue weighted by molar-refractivity contribution is 9.10. The number of aromatic hydroxyl groups is 1. The molecule has 2 aromatic carbocycles. The van der Waals surface area contributed by atoms with E-state index in [2.05, 4.69) is 15.9 Å². The maximum absolute atomic E-state index is 14.3. The van der Waals surface area contributed by atoms with E-state index in [1.54, 1.807) is 43.3 Å². The van der Waals surface area contributed by atoms with E-state index in [1.807, 2.05) is 6.07 Å².